The van der Waals surface area contributed by atoms with Gasteiger partial charge < -0.3 is 4.90 Å². The SMILES string of the molecule is CC(c1ccc(F)cc1)N1C=NC(Cl)=C[C@@H]1Cl. The molecule has 0 saturated heterocycles. The molecule has 2 nitrogen and oxygen atoms in total. The number of benzene rings is 1. The van der Waals surface area contributed by atoms with Gasteiger partial charge in [0.25, 0.3) is 0 Å². The van der Waals surface area contributed by atoms with Crippen molar-refractivity contribution in [2.45, 2.75) is 18.5 Å². The number of rotatable bonds is 2. The van der Waals surface area contributed by atoms with Crippen molar-refractivity contribution in [1.29, 1.82) is 0 Å². The average molecular weight is 273 g/mol. The summed E-state index contributed by atoms with van der Waals surface area (Å²) in [7, 11) is 0. The van der Waals surface area contributed by atoms with Crippen LogP contribution in [0.15, 0.2) is 40.5 Å². The molecule has 0 aliphatic carbocycles. The summed E-state index contributed by atoms with van der Waals surface area (Å²) in [6.45, 7) is 1.97. The number of nitrogens with zero attached hydrogens (tertiary/aromatic N) is 2. The fraction of sp³-hybridized carbons (Fsp3) is 0.250. The summed E-state index contributed by atoms with van der Waals surface area (Å²) >= 11 is 11.9. The van der Waals surface area contributed by atoms with Gasteiger partial charge in [-0.15, -0.1) is 0 Å². The molecule has 1 aromatic carbocycles. The lowest BCUT2D eigenvalue weighted by molar-refractivity contribution is 0.349. The lowest BCUT2D eigenvalue weighted by atomic mass is 10.1. The van der Waals surface area contributed by atoms with Gasteiger partial charge in [-0.3, -0.25) is 0 Å². The van der Waals surface area contributed by atoms with Crippen molar-refractivity contribution in [3.63, 3.8) is 0 Å². The summed E-state index contributed by atoms with van der Waals surface area (Å²) in [5, 5.41) is 0.382. The monoisotopic (exact) mass is 272 g/mol. The number of hydrogen-bond acceptors (Lipinski definition) is 2. The lowest BCUT2D eigenvalue weighted by Crippen LogP contribution is -2.33. The van der Waals surface area contributed by atoms with Crippen molar-refractivity contribution >= 4 is 29.5 Å². The molecule has 1 aliphatic heterocycles. The van der Waals surface area contributed by atoms with Crippen molar-refractivity contribution in [3.8, 4) is 0 Å². The third-order valence-corrected chi connectivity index (χ3v) is 3.25. The minimum Gasteiger partial charge on any atom is -0.336 e. The van der Waals surface area contributed by atoms with Gasteiger partial charge in [0.05, 0.1) is 12.4 Å². The van der Waals surface area contributed by atoms with Crippen molar-refractivity contribution in [2.75, 3.05) is 0 Å². The van der Waals surface area contributed by atoms with Crippen LogP contribution >= 0.6 is 23.2 Å². The summed E-state index contributed by atoms with van der Waals surface area (Å²) in [6.07, 6.45) is 3.26. The van der Waals surface area contributed by atoms with Crippen molar-refractivity contribution in [3.05, 3.63) is 46.9 Å². The second-order valence-corrected chi connectivity index (χ2v) is 4.62. The normalized spacial score (nSPS) is 21.3. The van der Waals surface area contributed by atoms with Gasteiger partial charge >= 0.3 is 0 Å². The maximum atomic E-state index is 12.8. The molecule has 0 bridgehead atoms. The summed E-state index contributed by atoms with van der Waals surface area (Å²) < 4.78 is 12.8. The molecule has 0 amide bonds. The van der Waals surface area contributed by atoms with E-state index in [2.05, 4.69) is 4.99 Å². The van der Waals surface area contributed by atoms with Crippen LogP contribution in [0, 0.1) is 5.82 Å². The van der Waals surface area contributed by atoms with E-state index >= 15 is 0 Å². The quantitative estimate of drug-likeness (QED) is 0.590. The molecular formula is C12H11Cl2FN2. The highest BCUT2D eigenvalue weighted by Crippen LogP contribution is 2.27. The van der Waals surface area contributed by atoms with E-state index in [-0.39, 0.29) is 17.4 Å². The minimum absolute atomic E-state index is 0.00265. The van der Waals surface area contributed by atoms with Crippen LogP contribution in [-0.4, -0.2) is 16.7 Å². The molecule has 0 fully saturated rings. The van der Waals surface area contributed by atoms with Gasteiger partial charge in [-0.1, -0.05) is 35.3 Å². The van der Waals surface area contributed by atoms with Crippen LogP contribution in [0.5, 0.6) is 0 Å². The Morgan fingerprint density at radius 1 is 1.35 bits per heavy atom. The van der Waals surface area contributed by atoms with E-state index in [4.69, 9.17) is 23.2 Å². The first-order chi connectivity index (χ1) is 8.08. The maximum Gasteiger partial charge on any atom is 0.130 e. The number of hydrogen-bond donors (Lipinski definition) is 0. The third-order valence-electron chi connectivity index (χ3n) is 2.67. The van der Waals surface area contributed by atoms with E-state index in [0.717, 1.165) is 5.56 Å². The molecular weight excluding hydrogens is 262 g/mol. The molecule has 90 valence electrons. The smallest absolute Gasteiger partial charge is 0.130 e. The summed E-state index contributed by atoms with van der Waals surface area (Å²) in [6, 6.07) is 6.33. The molecule has 0 N–H and O–H groups in total. The Morgan fingerprint density at radius 3 is 2.59 bits per heavy atom. The topological polar surface area (TPSA) is 15.6 Å². The molecule has 1 aromatic rings. The molecule has 1 heterocycles. The second-order valence-electron chi connectivity index (χ2n) is 3.78. The van der Waals surface area contributed by atoms with E-state index in [1.54, 1.807) is 24.5 Å². The predicted molar refractivity (Wildman–Crippen MR) is 68.7 cm³/mol. The Morgan fingerprint density at radius 2 is 2.00 bits per heavy atom. The van der Waals surface area contributed by atoms with Crippen molar-refractivity contribution < 1.29 is 4.39 Å². The third kappa shape index (κ3) is 2.79. The fourth-order valence-corrected chi connectivity index (χ4v) is 2.22. The Kier molecular flexibility index (Phi) is 3.69. The highest BCUT2D eigenvalue weighted by atomic mass is 35.5. The van der Waals surface area contributed by atoms with Gasteiger partial charge in [0.1, 0.15) is 16.5 Å². The highest BCUT2D eigenvalue weighted by Gasteiger charge is 2.21. The highest BCUT2D eigenvalue weighted by molar-refractivity contribution is 6.31. The van der Waals surface area contributed by atoms with Gasteiger partial charge in [0.2, 0.25) is 0 Å². The van der Waals surface area contributed by atoms with Gasteiger partial charge in [-0.2, -0.15) is 0 Å². The number of halogens is 3. The van der Waals surface area contributed by atoms with Crippen LogP contribution < -0.4 is 0 Å². The molecule has 0 saturated carbocycles. The van der Waals surface area contributed by atoms with Crippen molar-refractivity contribution in [1.82, 2.24) is 4.90 Å². The minimum atomic E-state index is -0.347. The predicted octanol–water partition coefficient (Wildman–Crippen LogP) is 3.88. The Bertz CT molecular complexity index is 456. The molecule has 2 rings (SSSR count). The van der Waals surface area contributed by atoms with Crippen LogP contribution in [0.2, 0.25) is 0 Å². The van der Waals surface area contributed by atoms with Gasteiger partial charge in [-0.05, 0) is 30.7 Å². The summed E-state index contributed by atoms with van der Waals surface area (Å²) in [5.41, 5.74) is 0.620. The zero-order chi connectivity index (χ0) is 12.4. The molecule has 1 aliphatic rings. The fourth-order valence-electron chi connectivity index (χ4n) is 1.66. The summed E-state index contributed by atoms with van der Waals surface area (Å²) in [5.74, 6) is -0.251. The molecule has 1 unspecified atom stereocenters. The molecule has 5 heteroatoms. The largest absolute Gasteiger partial charge is 0.336 e. The molecule has 17 heavy (non-hydrogen) atoms. The van der Waals surface area contributed by atoms with Gasteiger partial charge in [0, 0.05) is 0 Å². The zero-order valence-corrected chi connectivity index (χ0v) is 10.7. The van der Waals surface area contributed by atoms with Crippen LogP contribution in [0.1, 0.15) is 18.5 Å². The molecule has 0 aromatic heterocycles. The first kappa shape index (κ1) is 12.4. The van der Waals surface area contributed by atoms with Crippen LogP contribution in [0.3, 0.4) is 0 Å². The van der Waals surface area contributed by atoms with Crippen LogP contribution in [0.4, 0.5) is 4.39 Å². The van der Waals surface area contributed by atoms with E-state index in [1.165, 1.54) is 12.1 Å². The Labute approximate surface area is 109 Å². The first-order valence-corrected chi connectivity index (χ1v) is 5.98. The van der Waals surface area contributed by atoms with Crippen LogP contribution in [-0.2, 0) is 0 Å². The van der Waals surface area contributed by atoms with Crippen molar-refractivity contribution in [2.24, 2.45) is 4.99 Å². The Hall–Kier alpha value is -1.06. The van der Waals surface area contributed by atoms with E-state index in [0.29, 0.717) is 5.16 Å². The maximum absolute atomic E-state index is 12.8. The zero-order valence-electron chi connectivity index (χ0n) is 9.15. The number of alkyl halides is 1. The van der Waals surface area contributed by atoms with Gasteiger partial charge in [-0.25, -0.2) is 9.38 Å². The molecule has 2 atom stereocenters. The summed E-state index contributed by atoms with van der Waals surface area (Å²) in [4.78, 5) is 5.84. The Balaban J connectivity index is 2.18. The molecule has 0 radical (unpaired) electrons. The van der Waals surface area contributed by atoms with E-state index in [1.807, 2.05) is 11.8 Å². The first-order valence-electron chi connectivity index (χ1n) is 5.16. The standard InChI is InChI=1S/C12H11Cl2FN2/c1-8(9-2-4-10(15)5-3-9)17-7-16-11(13)6-12(17)14/h2-8,12H,1H3/t8?,12-/m1/s1. The number of aliphatic imine (C=N–C) groups is 1. The lowest BCUT2D eigenvalue weighted by Gasteiger charge is -2.31. The van der Waals surface area contributed by atoms with Crippen LogP contribution in [0.25, 0.3) is 0 Å². The van der Waals surface area contributed by atoms with E-state index < -0.39 is 0 Å². The van der Waals surface area contributed by atoms with E-state index in [9.17, 15) is 4.39 Å². The van der Waals surface area contributed by atoms with Gasteiger partial charge in [0.15, 0.2) is 0 Å². The molecule has 0 spiro atoms. The average Bonchev–Trinajstić information content (AvgIpc) is 2.29. The second kappa shape index (κ2) is 5.07.